The van der Waals surface area contributed by atoms with Crippen LogP contribution in [0.15, 0.2) is 4.99 Å². The summed E-state index contributed by atoms with van der Waals surface area (Å²) in [6.45, 7) is 0. The van der Waals surface area contributed by atoms with Crippen molar-refractivity contribution in [3.8, 4) is 0 Å². The van der Waals surface area contributed by atoms with Crippen molar-refractivity contribution >= 4 is 17.7 Å². The topological polar surface area (TPSA) is 50.4 Å². The first-order valence-corrected chi connectivity index (χ1v) is 7.17. The van der Waals surface area contributed by atoms with E-state index in [4.69, 9.17) is 5.73 Å². The largest absolute Gasteiger partial charge is 0.370 e. The Morgan fingerprint density at radius 3 is 2.67 bits per heavy atom. The predicted molar refractivity (Wildman–Crippen MR) is 67.4 cm³/mol. The fourth-order valence-corrected chi connectivity index (χ4v) is 3.45. The average Bonchev–Trinajstić information content (AvgIpc) is 2.71. The Kier molecular flexibility index (Phi) is 4.18. The summed E-state index contributed by atoms with van der Waals surface area (Å²) >= 11 is 2.00. The quantitative estimate of drug-likeness (QED) is 0.558. The molecule has 0 aromatic rings. The number of nitrogens with zero attached hydrogens (tertiary/aromatic N) is 1. The molecule has 2 aliphatic rings. The Morgan fingerprint density at radius 1 is 1.20 bits per heavy atom. The molecular formula is C11H21N3S. The lowest BCUT2D eigenvalue weighted by Crippen LogP contribution is -2.40. The highest BCUT2D eigenvalue weighted by Crippen LogP contribution is 2.20. The summed E-state index contributed by atoms with van der Waals surface area (Å²) in [4.78, 5) is 4.57. The van der Waals surface area contributed by atoms with Crippen molar-refractivity contribution in [3.05, 3.63) is 0 Å². The van der Waals surface area contributed by atoms with E-state index in [2.05, 4.69) is 10.3 Å². The molecule has 0 aromatic carbocycles. The maximum atomic E-state index is 5.91. The Morgan fingerprint density at radius 2 is 2.00 bits per heavy atom. The maximum Gasteiger partial charge on any atom is 0.189 e. The Bertz CT molecular complexity index is 218. The van der Waals surface area contributed by atoms with Crippen LogP contribution in [0.2, 0.25) is 0 Å². The SMILES string of the molecule is NC(=NC1CCCCC1)NC1CCSC1. The third-order valence-corrected chi connectivity index (χ3v) is 4.34. The van der Waals surface area contributed by atoms with Gasteiger partial charge in [-0.1, -0.05) is 19.3 Å². The summed E-state index contributed by atoms with van der Waals surface area (Å²) in [6.07, 6.45) is 7.69. The maximum absolute atomic E-state index is 5.91. The number of aliphatic imine (C=N–C) groups is 1. The molecule has 1 saturated heterocycles. The van der Waals surface area contributed by atoms with E-state index < -0.39 is 0 Å². The van der Waals surface area contributed by atoms with Crippen LogP contribution < -0.4 is 11.1 Å². The molecule has 2 rings (SSSR count). The molecule has 1 unspecified atom stereocenters. The van der Waals surface area contributed by atoms with Crippen molar-refractivity contribution < 1.29 is 0 Å². The van der Waals surface area contributed by atoms with Crippen molar-refractivity contribution in [2.75, 3.05) is 11.5 Å². The van der Waals surface area contributed by atoms with E-state index in [1.54, 1.807) is 0 Å². The van der Waals surface area contributed by atoms with Gasteiger partial charge in [0.15, 0.2) is 5.96 Å². The van der Waals surface area contributed by atoms with Crippen molar-refractivity contribution in [1.82, 2.24) is 5.32 Å². The van der Waals surface area contributed by atoms with E-state index in [1.165, 1.54) is 50.0 Å². The van der Waals surface area contributed by atoms with E-state index in [9.17, 15) is 0 Å². The molecule has 3 nitrogen and oxygen atoms in total. The fraction of sp³-hybridized carbons (Fsp3) is 0.909. The zero-order valence-electron chi connectivity index (χ0n) is 9.24. The van der Waals surface area contributed by atoms with Crippen LogP contribution in [0.3, 0.4) is 0 Å². The predicted octanol–water partition coefficient (Wildman–Crippen LogP) is 1.73. The lowest BCUT2D eigenvalue weighted by atomic mass is 9.96. The number of nitrogens with two attached hydrogens (primary N) is 1. The van der Waals surface area contributed by atoms with Crippen molar-refractivity contribution in [3.63, 3.8) is 0 Å². The Labute approximate surface area is 96.3 Å². The summed E-state index contributed by atoms with van der Waals surface area (Å²) in [7, 11) is 0. The minimum atomic E-state index is 0.486. The van der Waals surface area contributed by atoms with Crippen molar-refractivity contribution in [2.45, 2.75) is 50.6 Å². The molecule has 0 bridgehead atoms. The minimum absolute atomic E-state index is 0.486. The van der Waals surface area contributed by atoms with Gasteiger partial charge in [-0.05, 0) is 25.0 Å². The molecule has 0 spiro atoms. The van der Waals surface area contributed by atoms with Crippen LogP contribution in [0.4, 0.5) is 0 Å². The first-order chi connectivity index (χ1) is 7.34. The van der Waals surface area contributed by atoms with Gasteiger partial charge in [0, 0.05) is 11.8 Å². The number of nitrogens with one attached hydrogen (secondary N) is 1. The monoisotopic (exact) mass is 227 g/mol. The number of thioether (sulfide) groups is 1. The zero-order valence-corrected chi connectivity index (χ0v) is 10.1. The normalized spacial score (nSPS) is 29.3. The Balaban J connectivity index is 1.77. The van der Waals surface area contributed by atoms with Gasteiger partial charge in [0.05, 0.1) is 6.04 Å². The highest BCUT2D eigenvalue weighted by atomic mass is 32.2. The summed E-state index contributed by atoms with van der Waals surface area (Å²) in [5.41, 5.74) is 5.91. The van der Waals surface area contributed by atoms with E-state index in [0.29, 0.717) is 18.0 Å². The number of rotatable bonds is 2. The van der Waals surface area contributed by atoms with Crippen molar-refractivity contribution in [2.24, 2.45) is 10.7 Å². The second-order valence-electron chi connectivity index (χ2n) is 4.51. The number of hydrogen-bond acceptors (Lipinski definition) is 2. The molecule has 1 saturated carbocycles. The van der Waals surface area contributed by atoms with Gasteiger partial charge in [-0.2, -0.15) is 11.8 Å². The highest BCUT2D eigenvalue weighted by molar-refractivity contribution is 7.99. The molecule has 1 heterocycles. The second-order valence-corrected chi connectivity index (χ2v) is 5.66. The van der Waals surface area contributed by atoms with Gasteiger partial charge in [0.25, 0.3) is 0 Å². The van der Waals surface area contributed by atoms with Crippen LogP contribution in [-0.4, -0.2) is 29.5 Å². The van der Waals surface area contributed by atoms with Gasteiger partial charge < -0.3 is 11.1 Å². The molecule has 0 amide bonds. The van der Waals surface area contributed by atoms with Gasteiger partial charge >= 0.3 is 0 Å². The van der Waals surface area contributed by atoms with E-state index in [-0.39, 0.29) is 0 Å². The molecule has 0 aromatic heterocycles. The summed E-state index contributed by atoms with van der Waals surface area (Å²) in [6, 6.07) is 1.04. The van der Waals surface area contributed by atoms with Crippen LogP contribution in [0, 0.1) is 0 Å². The van der Waals surface area contributed by atoms with Crippen LogP contribution in [0.5, 0.6) is 0 Å². The molecule has 1 aliphatic carbocycles. The van der Waals surface area contributed by atoms with Crippen LogP contribution in [-0.2, 0) is 0 Å². The van der Waals surface area contributed by atoms with Crippen LogP contribution >= 0.6 is 11.8 Å². The van der Waals surface area contributed by atoms with Gasteiger partial charge in [0.1, 0.15) is 0 Å². The molecular weight excluding hydrogens is 206 g/mol. The molecule has 86 valence electrons. The van der Waals surface area contributed by atoms with Gasteiger partial charge in [-0.3, -0.25) is 4.99 Å². The fourth-order valence-electron chi connectivity index (χ4n) is 2.30. The summed E-state index contributed by atoms with van der Waals surface area (Å²) < 4.78 is 0. The van der Waals surface area contributed by atoms with E-state index >= 15 is 0 Å². The molecule has 15 heavy (non-hydrogen) atoms. The van der Waals surface area contributed by atoms with Gasteiger partial charge in [-0.25, -0.2) is 0 Å². The third-order valence-electron chi connectivity index (χ3n) is 3.18. The van der Waals surface area contributed by atoms with Crippen LogP contribution in [0.1, 0.15) is 38.5 Å². The molecule has 2 fully saturated rings. The number of guanidine groups is 1. The molecule has 4 heteroatoms. The van der Waals surface area contributed by atoms with Gasteiger partial charge in [-0.15, -0.1) is 0 Å². The zero-order chi connectivity index (χ0) is 10.5. The number of hydrogen-bond donors (Lipinski definition) is 2. The summed E-state index contributed by atoms with van der Waals surface area (Å²) in [5, 5.41) is 3.33. The lowest BCUT2D eigenvalue weighted by Gasteiger charge is -2.19. The first-order valence-electron chi connectivity index (χ1n) is 6.02. The second kappa shape index (κ2) is 5.64. The average molecular weight is 227 g/mol. The van der Waals surface area contributed by atoms with E-state index in [1.807, 2.05) is 11.8 Å². The van der Waals surface area contributed by atoms with Crippen molar-refractivity contribution in [1.29, 1.82) is 0 Å². The third kappa shape index (κ3) is 3.59. The Hall–Kier alpha value is -0.380. The molecule has 3 N–H and O–H groups in total. The standard InChI is InChI=1S/C11H21N3S/c12-11(14-10-6-7-15-8-10)13-9-4-2-1-3-5-9/h9-10H,1-8H2,(H3,12,13,14). The molecule has 1 atom stereocenters. The summed E-state index contributed by atoms with van der Waals surface area (Å²) in [5.74, 6) is 3.12. The minimum Gasteiger partial charge on any atom is -0.370 e. The smallest absolute Gasteiger partial charge is 0.189 e. The highest BCUT2D eigenvalue weighted by Gasteiger charge is 2.17. The van der Waals surface area contributed by atoms with E-state index in [0.717, 1.165) is 0 Å². The molecule has 0 radical (unpaired) electrons. The van der Waals surface area contributed by atoms with Crippen LogP contribution in [0.25, 0.3) is 0 Å². The van der Waals surface area contributed by atoms with Gasteiger partial charge in [0.2, 0.25) is 0 Å². The lowest BCUT2D eigenvalue weighted by molar-refractivity contribution is 0.441. The first kappa shape index (κ1) is 11.1. The molecule has 1 aliphatic heterocycles.